The molecule has 0 atom stereocenters. The van der Waals surface area contributed by atoms with Gasteiger partial charge in [-0.25, -0.2) is 0 Å². The molecular weight excluding hydrogens is 626 g/mol. The predicted molar refractivity (Wildman–Crippen MR) is 160 cm³/mol. The van der Waals surface area contributed by atoms with Crippen LogP contribution in [0, 0.1) is 3.57 Å². The molecule has 2 aromatic rings. The third-order valence-electron chi connectivity index (χ3n) is 6.80. The van der Waals surface area contributed by atoms with Crippen molar-refractivity contribution in [1.82, 2.24) is 0 Å². The first-order valence-electron chi connectivity index (χ1n) is 15.6. The molecule has 0 aromatic heterocycles. The van der Waals surface area contributed by atoms with E-state index >= 15 is 0 Å². The minimum Gasteiger partial charge on any atom is -0.494 e. The van der Waals surface area contributed by atoms with Crippen molar-refractivity contribution in [3.63, 3.8) is 0 Å². The van der Waals surface area contributed by atoms with Gasteiger partial charge in [0.05, 0.1) is 6.61 Å². The summed E-state index contributed by atoms with van der Waals surface area (Å²) in [5.74, 6) is 1.06. The van der Waals surface area contributed by atoms with Crippen LogP contribution in [0.5, 0.6) is 5.75 Å². The summed E-state index contributed by atoms with van der Waals surface area (Å²) >= 11 is 0.105. The van der Waals surface area contributed by atoms with E-state index in [1.165, 1.54) is 118 Å². The summed E-state index contributed by atoms with van der Waals surface area (Å²) in [5.41, 5.74) is 2.86. The first-order valence-corrected chi connectivity index (χ1v) is 18.2. The number of unbranched alkanes of at least 4 members (excludes halogenated alkanes) is 15. The second kappa shape index (κ2) is 24.4. The molecule has 0 aliphatic rings. The van der Waals surface area contributed by atoms with Crippen molar-refractivity contribution in [1.29, 1.82) is 0 Å². The van der Waals surface area contributed by atoms with Crippen LogP contribution < -0.4 is 25.9 Å². The number of halogens is 5. The highest BCUT2D eigenvalue weighted by atomic mass is 127. The van der Waals surface area contributed by atoms with Gasteiger partial charge in [0, 0.05) is 12.0 Å². The lowest BCUT2D eigenvalue weighted by Crippen LogP contribution is -3.62. The number of ether oxygens (including phenoxy) is 1. The van der Waals surface area contributed by atoms with Crippen molar-refractivity contribution in [3.8, 4) is 5.75 Å². The second-order valence-corrected chi connectivity index (χ2v) is 13.9. The van der Waals surface area contributed by atoms with Crippen LogP contribution in [-0.4, -0.2) is 18.3 Å². The number of benzene rings is 2. The first kappa shape index (κ1) is 36.8. The molecule has 0 aliphatic carbocycles. The minimum absolute atomic E-state index is 0.105. The Labute approximate surface area is 252 Å². The molecule has 0 spiro atoms. The third-order valence-corrected chi connectivity index (χ3v) is 9.44. The number of hydrogen-bond acceptors (Lipinski definition) is 1. The standard InChI is InChI=1S/C33H52IO.BF4/c1-3-5-6-7-8-9-10-11-12-13-14-15-16-17-18-22-27-35-32-25-26-33(34-4-2)31(29-32)28-30-23-20-19-21-24-30;2-1(3,4)5/h19-21,23-26,29H,3-18,22,27-28H2,1-2H3;/q+1;-1. The van der Waals surface area contributed by atoms with Gasteiger partial charge in [0.2, 0.25) is 0 Å². The molecule has 0 radical (unpaired) electrons. The highest BCUT2D eigenvalue weighted by molar-refractivity contribution is 6.50. The van der Waals surface area contributed by atoms with Gasteiger partial charge < -0.3 is 22.0 Å². The van der Waals surface area contributed by atoms with E-state index in [0.29, 0.717) is 0 Å². The Morgan fingerprint density at radius 2 is 1.10 bits per heavy atom. The maximum atomic E-state index is 9.75. The Bertz CT molecular complexity index is 842. The van der Waals surface area contributed by atoms with Gasteiger partial charge in [0.1, 0.15) is 10.2 Å². The first-order chi connectivity index (χ1) is 19.3. The van der Waals surface area contributed by atoms with E-state index in [1.54, 1.807) is 3.57 Å². The zero-order valence-electron chi connectivity index (χ0n) is 24.9. The van der Waals surface area contributed by atoms with Crippen molar-refractivity contribution < 1.29 is 43.2 Å². The van der Waals surface area contributed by atoms with E-state index in [9.17, 15) is 17.3 Å². The molecule has 7 heteroatoms. The fourth-order valence-electron chi connectivity index (χ4n) is 4.71. The number of alkyl halides is 1. The van der Waals surface area contributed by atoms with Gasteiger partial charge in [-0.1, -0.05) is 134 Å². The molecule has 0 aliphatic heterocycles. The third kappa shape index (κ3) is 22.4. The normalized spacial score (nSPS) is 11.2. The number of hydrogen-bond donors (Lipinski definition) is 0. The Balaban J connectivity index is 0.00000146. The Morgan fingerprint density at radius 3 is 1.57 bits per heavy atom. The Hall–Kier alpha value is -1.25. The summed E-state index contributed by atoms with van der Waals surface area (Å²) in [5, 5.41) is 0. The molecule has 0 saturated heterocycles. The fraction of sp³-hybridized carbons (Fsp3) is 0.636. The van der Waals surface area contributed by atoms with Crippen LogP contribution in [0.4, 0.5) is 17.3 Å². The SMILES string of the molecule is CCCCCCCCCCCCCCCCCCOc1ccc([I+]CC)c(Cc2ccccc2)c1.F[B-](F)(F)F. The summed E-state index contributed by atoms with van der Waals surface area (Å²) < 4.78 is 48.0. The van der Waals surface area contributed by atoms with Crippen LogP contribution in [0.15, 0.2) is 48.5 Å². The Morgan fingerprint density at radius 1 is 0.625 bits per heavy atom. The summed E-state index contributed by atoms with van der Waals surface area (Å²) in [7, 11) is -6.00. The average Bonchev–Trinajstić information content (AvgIpc) is 2.91. The molecule has 0 amide bonds. The quantitative estimate of drug-likeness (QED) is 0.0399. The molecule has 1 nitrogen and oxygen atoms in total. The van der Waals surface area contributed by atoms with Crippen molar-refractivity contribution >= 4 is 7.25 Å². The molecule has 0 saturated carbocycles. The van der Waals surface area contributed by atoms with Crippen molar-refractivity contribution in [2.24, 2.45) is 0 Å². The van der Waals surface area contributed by atoms with E-state index in [-0.39, 0.29) is 21.2 Å². The van der Waals surface area contributed by atoms with Gasteiger partial charge in [-0.05, 0) is 37.1 Å². The van der Waals surface area contributed by atoms with Gasteiger partial charge in [-0.15, -0.1) is 0 Å². The predicted octanol–water partition coefficient (Wildman–Crippen LogP) is 8.50. The monoisotopic (exact) mass is 678 g/mol. The van der Waals surface area contributed by atoms with Crippen LogP contribution in [0.1, 0.15) is 128 Å². The lowest BCUT2D eigenvalue weighted by Gasteiger charge is -2.09. The van der Waals surface area contributed by atoms with E-state index in [1.807, 2.05) is 0 Å². The number of rotatable bonds is 22. The Kier molecular flexibility index (Phi) is 22.4. The van der Waals surface area contributed by atoms with Crippen LogP contribution >= 0.6 is 0 Å². The van der Waals surface area contributed by atoms with Crippen molar-refractivity contribution in [3.05, 3.63) is 63.2 Å². The van der Waals surface area contributed by atoms with Crippen LogP contribution in [0.2, 0.25) is 0 Å². The highest BCUT2D eigenvalue weighted by Crippen LogP contribution is 2.18. The van der Waals surface area contributed by atoms with Crippen molar-refractivity contribution in [2.75, 3.05) is 11.0 Å². The van der Waals surface area contributed by atoms with E-state index in [0.717, 1.165) is 18.8 Å². The largest absolute Gasteiger partial charge is 0.673 e. The molecule has 2 rings (SSSR count). The van der Waals surface area contributed by atoms with Gasteiger partial charge >= 0.3 is 28.5 Å². The lowest BCUT2D eigenvalue weighted by molar-refractivity contribution is -0.624. The molecule has 0 N–H and O–H groups in total. The summed E-state index contributed by atoms with van der Waals surface area (Å²) in [6.45, 7) is 5.46. The molecule has 0 fully saturated rings. The van der Waals surface area contributed by atoms with Crippen LogP contribution in [0.25, 0.3) is 0 Å². The van der Waals surface area contributed by atoms with Gasteiger partial charge in [-0.2, -0.15) is 0 Å². The maximum Gasteiger partial charge on any atom is 0.673 e. The molecule has 40 heavy (non-hydrogen) atoms. The lowest BCUT2D eigenvalue weighted by atomic mass is 10.0. The fourth-order valence-corrected chi connectivity index (χ4v) is 6.80. The summed E-state index contributed by atoms with van der Waals surface area (Å²) in [4.78, 5) is 0. The van der Waals surface area contributed by atoms with Gasteiger partial charge in [0.15, 0.2) is 3.57 Å². The minimum atomic E-state index is -6.00. The van der Waals surface area contributed by atoms with Crippen LogP contribution in [0.3, 0.4) is 0 Å². The van der Waals surface area contributed by atoms with Gasteiger partial charge in [0.25, 0.3) is 0 Å². The second-order valence-electron chi connectivity index (χ2n) is 10.5. The van der Waals surface area contributed by atoms with Crippen LogP contribution in [-0.2, 0) is 6.42 Å². The molecule has 0 unspecified atom stereocenters. The molecular formula is C33H52BF4IO. The topological polar surface area (TPSA) is 9.23 Å². The highest BCUT2D eigenvalue weighted by Gasteiger charge is 2.20. The smallest absolute Gasteiger partial charge is 0.494 e. The molecule has 228 valence electrons. The zero-order valence-corrected chi connectivity index (χ0v) is 27.1. The molecule has 0 bridgehead atoms. The average molecular weight is 678 g/mol. The molecule has 2 aromatic carbocycles. The maximum absolute atomic E-state index is 9.75. The zero-order chi connectivity index (χ0) is 29.3. The van der Waals surface area contributed by atoms with E-state index in [4.69, 9.17) is 4.74 Å². The molecule has 0 heterocycles. The summed E-state index contributed by atoms with van der Waals surface area (Å²) in [6.07, 6.45) is 23.5. The van der Waals surface area contributed by atoms with Gasteiger partial charge in [-0.3, -0.25) is 0 Å². The van der Waals surface area contributed by atoms with E-state index in [2.05, 4.69) is 62.4 Å². The summed E-state index contributed by atoms with van der Waals surface area (Å²) in [6, 6.07) is 17.7. The van der Waals surface area contributed by atoms with E-state index < -0.39 is 7.25 Å². The van der Waals surface area contributed by atoms with Crippen molar-refractivity contribution in [2.45, 2.75) is 123 Å².